The predicted molar refractivity (Wildman–Crippen MR) is 78.3 cm³/mol. The van der Waals surface area contributed by atoms with Crippen LogP contribution < -0.4 is 10.6 Å². The maximum atomic E-state index is 12.0. The molecule has 0 aromatic carbocycles. The van der Waals surface area contributed by atoms with Gasteiger partial charge in [-0.05, 0) is 18.4 Å². The molecule has 1 heterocycles. The van der Waals surface area contributed by atoms with E-state index in [0.29, 0.717) is 19.4 Å². The van der Waals surface area contributed by atoms with Gasteiger partial charge in [-0.2, -0.15) is 16.9 Å². The van der Waals surface area contributed by atoms with Crippen LogP contribution in [0.4, 0.5) is 0 Å². The SMILES string of the molecule is CSCC[C@H](NC(C)=O)C(=O)NCCc1ncnn1C. The molecule has 112 valence electrons. The monoisotopic (exact) mass is 299 g/mol. The van der Waals surface area contributed by atoms with E-state index in [2.05, 4.69) is 20.7 Å². The lowest BCUT2D eigenvalue weighted by Crippen LogP contribution is -2.46. The minimum absolute atomic E-state index is 0.156. The predicted octanol–water partition coefficient (Wildman–Crippen LogP) is -0.268. The first-order valence-electron chi connectivity index (χ1n) is 6.41. The molecule has 0 fully saturated rings. The van der Waals surface area contributed by atoms with E-state index in [0.717, 1.165) is 11.6 Å². The van der Waals surface area contributed by atoms with Crippen LogP contribution in [0.25, 0.3) is 0 Å². The number of nitrogens with zero attached hydrogens (tertiary/aromatic N) is 3. The van der Waals surface area contributed by atoms with Crippen molar-refractivity contribution in [2.75, 3.05) is 18.6 Å². The molecule has 20 heavy (non-hydrogen) atoms. The molecule has 8 heteroatoms. The van der Waals surface area contributed by atoms with E-state index in [1.165, 1.54) is 13.3 Å². The minimum Gasteiger partial charge on any atom is -0.354 e. The van der Waals surface area contributed by atoms with Gasteiger partial charge in [-0.25, -0.2) is 4.98 Å². The van der Waals surface area contributed by atoms with Crippen molar-refractivity contribution in [1.82, 2.24) is 25.4 Å². The summed E-state index contributed by atoms with van der Waals surface area (Å²) in [6, 6.07) is -0.473. The maximum Gasteiger partial charge on any atom is 0.242 e. The second kappa shape index (κ2) is 8.57. The van der Waals surface area contributed by atoms with Crippen LogP contribution in [0, 0.1) is 0 Å². The highest BCUT2D eigenvalue weighted by atomic mass is 32.2. The Morgan fingerprint density at radius 1 is 1.50 bits per heavy atom. The summed E-state index contributed by atoms with van der Waals surface area (Å²) in [4.78, 5) is 27.2. The molecule has 0 spiro atoms. The van der Waals surface area contributed by atoms with E-state index < -0.39 is 6.04 Å². The average molecular weight is 299 g/mol. The zero-order valence-electron chi connectivity index (χ0n) is 12.0. The Balaban J connectivity index is 2.40. The van der Waals surface area contributed by atoms with Crippen LogP contribution in [-0.4, -0.2) is 51.2 Å². The molecule has 2 N–H and O–H groups in total. The lowest BCUT2D eigenvalue weighted by molar-refractivity contribution is -0.128. The van der Waals surface area contributed by atoms with Crippen LogP contribution in [0.3, 0.4) is 0 Å². The second-order valence-corrected chi connectivity index (χ2v) is 5.36. The van der Waals surface area contributed by atoms with Crippen molar-refractivity contribution in [3.8, 4) is 0 Å². The molecule has 0 saturated heterocycles. The Kier molecular flexibility index (Phi) is 7.06. The smallest absolute Gasteiger partial charge is 0.242 e. The van der Waals surface area contributed by atoms with Crippen LogP contribution in [0.1, 0.15) is 19.2 Å². The summed E-state index contributed by atoms with van der Waals surface area (Å²) in [7, 11) is 1.81. The molecular weight excluding hydrogens is 278 g/mol. The quantitative estimate of drug-likeness (QED) is 0.690. The van der Waals surface area contributed by atoms with Crippen LogP contribution in [0.5, 0.6) is 0 Å². The molecule has 1 atom stereocenters. The van der Waals surface area contributed by atoms with E-state index in [-0.39, 0.29) is 11.8 Å². The Labute approximate surface area is 122 Å². The number of aryl methyl sites for hydroxylation is 1. The van der Waals surface area contributed by atoms with Crippen LogP contribution >= 0.6 is 11.8 Å². The van der Waals surface area contributed by atoms with Gasteiger partial charge in [0.25, 0.3) is 0 Å². The number of rotatable bonds is 8. The van der Waals surface area contributed by atoms with Crippen molar-refractivity contribution >= 4 is 23.6 Å². The molecule has 0 aliphatic carbocycles. The Morgan fingerprint density at radius 3 is 2.80 bits per heavy atom. The molecule has 0 saturated carbocycles. The molecule has 0 radical (unpaired) electrons. The van der Waals surface area contributed by atoms with E-state index >= 15 is 0 Å². The van der Waals surface area contributed by atoms with Gasteiger partial charge >= 0.3 is 0 Å². The third-order valence-corrected chi connectivity index (χ3v) is 3.40. The first-order valence-corrected chi connectivity index (χ1v) is 7.80. The summed E-state index contributed by atoms with van der Waals surface area (Å²) >= 11 is 1.65. The van der Waals surface area contributed by atoms with Crippen LogP contribution in [-0.2, 0) is 23.1 Å². The Morgan fingerprint density at radius 2 is 2.25 bits per heavy atom. The molecule has 1 rings (SSSR count). The summed E-state index contributed by atoms with van der Waals surface area (Å²) in [5, 5.41) is 9.45. The zero-order valence-corrected chi connectivity index (χ0v) is 12.9. The van der Waals surface area contributed by atoms with E-state index in [1.807, 2.05) is 13.3 Å². The summed E-state index contributed by atoms with van der Waals surface area (Å²) in [5.41, 5.74) is 0. The lowest BCUT2D eigenvalue weighted by Gasteiger charge is -2.17. The van der Waals surface area contributed by atoms with E-state index in [9.17, 15) is 9.59 Å². The highest BCUT2D eigenvalue weighted by molar-refractivity contribution is 7.98. The molecular formula is C12H21N5O2S. The van der Waals surface area contributed by atoms with Gasteiger partial charge in [-0.15, -0.1) is 0 Å². The number of hydrogen-bond donors (Lipinski definition) is 2. The van der Waals surface area contributed by atoms with E-state index in [1.54, 1.807) is 16.4 Å². The number of nitrogens with one attached hydrogen (secondary N) is 2. The third kappa shape index (κ3) is 5.60. The van der Waals surface area contributed by atoms with Crippen molar-refractivity contribution < 1.29 is 9.59 Å². The van der Waals surface area contributed by atoms with E-state index in [4.69, 9.17) is 0 Å². The lowest BCUT2D eigenvalue weighted by atomic mass is 10.2. The topological polar surface area (TPSA) is 88.9 Å². The number of carbonyl (C=O) groups is 2. The van der Waals surface area contributed by atoms with Gasteiger partial charge in [-0.3, -0.25) is 14.3 Å². The number of hydrogen-bond acceptors (Lipinski definition) is 5. The number of amides is 2. The fourth-order valence-electron chi connectivity index (χ4n) is 1.72. The standard InChI is InChI=1S/C12H21N5O2S/c1-9(18)16-10(5-7-20-3)12(19)13-6-4-11-14-8-15-17(11)2/h8,10H,4-7H2,1-3H3,(H,13,19)(H,16,18)/t10-/m0/s1. The minimum atomic E-state index is -0.473. The Bertz CT molecular complexity index is 449. The Hall–Kier alpha value is -1.57. The van der Waals surface area contributed by atoms with Crippen LogP contribution in [0.2, 0.25) is 0 Å². The largest absolute Gasteiger partial charge is 0.354 e. The summed E-state index contributed by atoms with van der Waals surface area (Å²) in [6.45, 7) is 1.89. The number of thioether (sulfide) groups is 1. The van der Waals surface area contributed by atoms with Crippen molar-refractivity contribution in [3.63, 3.8) is 0 Å². The zero-order chi connectivity index (χ0) is 15.0. The summed E-state index contributed by atoms with van der Waals surface area (Å²) < 4.78 is 1.67. The third-order valence-electron chi connectivity index (χ3n) is 2.76. The number of aromatic nitrogens is 3. The molecule has 0 bridgehead atoms. The van der Waals surface area contributed by atoms with Crippen molar-refractivity contribution in [1.29, 1.82) is 0 Å². The van der Waals surface area contributed by atoms with Gasteiger partial charge in [0.1, 0.15) is 18.2 Å². The molecule has 0 aliphatic heterocycles. The van der Waals surface area contributed by atoms with Gasteiger partial charge < -0.3 is 10.6 Å². The van der Waals surface area contributed by atoms with Gasteiger partial charge in [0.2, 0.25) is 11.8 Å². The molecule has 1 aromatic heterocycles. The highest BCUT2D eigenvalue weighted by Gasteiger charge is 2.18. The second-order valence-electron chi connectivity index (χ2n) is 4.38. The van der Waals surface area contributed by atoms with Crippen molar-refractivity contribution in [3.05, 3.63) is 12.2 Å². The fraction of sp³-hybridized carbons (Fsp3) is 0.667. The molecule has 7 nitrogen and oxygen atoms in total. The first-order chi connectivity index (χ1) is 9.54. The molecule has 2 amide bonds. The fourth-order valence-corrected chi connectivity index (χ4v) is 2.19. The van der Waals surface area contributed by atoms with Crippen molar-refractivity contribution in [2.45, 2.75) is 25.8 Å². The molecule has 0 aliphatic rings. The van der Waals surface area contributed by atoms with Crippen molar-refractivity contribution in [2.24, 2.45) is 7.05 Å². The first kappa shape index (κ1) is 16.5. The summed E-state index contributed by atoms with van der Waals surface area (Å²) in [6.07, 6.45) is 4.68. The van der Waals surface area contributed by atoms with Gasteiger partial charge in [0.05, 0.1) is 0 Å². The maximum absolute atomic E-state index is 12.0. The normalized spacial score (nSPS) is 11.9. The van der Waals surface area contributed by atoms with Gasteiger partial charge in [-0.1, -0.05) is 0 Å². The van der Waals surface area contributed by atoms with Gasteiger partial charge in [0.15, 0.2) is 0 Å². The number of carbonyl (C=O) groups excluding carboxylic acids is 2. The average Bonchev–Trinajstić information content (AvgIpc) is 2.79. The van der Waals surface area contributed by atoms with Gasteiger partial charge in [0, 0.05) is 26.9 Å². The highest BCUT2D eigenvalue weighted by Crippen LogP contribution is 2.01. The summed E-state index contributed by atoms with van der Waals surface area (Å²) in [5.74, 6) is 1.28. The molecule has 1 aromatic rings. The van der Waals surface area contributed by atoms with Crippen LogP contribution in [0.15, 0.2) is 6.33 Å². The molecule has 0 unspecified atom stereocenters.